The molecule has 2 aromatic carbocycles. The van der Waals surface area contributed by atoms with Crippen LogP contribution in [0.4, 0.5) is 23.1 Å². The van der Waals surface area contributed by atoms with Gasteiger partial charge in [-0.3, -0.25) is 4.68 Å². The normalized spacial score (nSPS) is 19.4. The maximum absolute atomic E-state index is 12.1. The quantitative estimate of drug-likeness (QED) is 0.478. The zero-order valence-electron chi connectivity index (χ0n) is 29.8. The van der Waals surface area contributed by atoms with Crippen molar-refractivity contribution in [2.45, 2.75) is 18.7 Å². The third-order valence-electron chi connectivity index (χ3n) is 4.18. The fourth-order valence-electron chi connectivity index (χ4n) is 2.63. The van der Waals surface area contributed by atoms with Crippen LogP contribution in [0.5, 0.6) is 0 Å². The van der Waals surface area contributed by atoms with E-state index in [-0.39, 0.29) is 21.7 Å². The minimum absolute atomic E-state index is 0.0736. The lowest BCUT2D eigenvalue weighted by molar-refractivity contribution is 0.597. The Bertz CT molecular complexity index is 1950. The zero-order valence-corrected chi connectivity index (χ0v) is 16.6. The van der Waals surface area contributed by atoms with Crippen molar-refractivity contribution in [3.63, 3.8) is 0 Å². The maximum Gasteiger partial charge on any atom is 0.238 e. The number of anilines is 4. The number of aromatic nitrogens is 4. The molecule has 160 valence electrons. The van der Waals surface area contributed by atoms with Crippen molar-refractivity contribution in [2.24, 2.45) is 12.1 Å². The average Bonchev–Trinajstić information content (AvgIpc) is 3.23. The lowest BCUT2D eigenvalue weighted by Crippen LogP contribution is -2.14. The van der Waals surface area contributed by atoms with Crippen molar-refractivity contribution < 1.29 is 27.6 Å². The number of hydrogen-bond acceptors (Lipinski definition) is 7. The summed E-state index contributed by atoms with van der Waals surface area (Å²) >= 11 is 0. The van der Waals surface area contributed by atoms with Crippen LogP contribution in [0.25, 0.3) is 10.9 Å². The standard InChI is InChI=1S/C21H23N7O2S/c1-13-5-6-15(11-19(13)31(22,29)30)24-21-23-10-9-20(25-21)27(3)16-7-8-17-14(2)28(4)26-18(17)12-16/h5-12H,1-4H3,(H2,22,29,30)(H,23,24,25)/i1D3,3D3,4D3,7D,8D,9D,10D,12D. The summed E-state index contributed by atoms with van der Waals surface area (Å²) in [6.45, 7) is -7.70. The van der Waals surface area contributed by atoms with Gasteiger partial charge in [0.1, 0.15) is 5.82 Å². The summed E-state index contributed by atoms with van der Waals surface area (Å²) in [6.07, 6.45) is -0.852. The van der Waals surface area contributed by atoms with Gasteiger partial charge in [-0.25, -0.2) is 18.5 Å². The molecule has 3 N–H and O–H groups in total. The summed E-state index contributed by atoms with van der Waals surface area (Å²) in [5.74, 6) is -1.41. The first-order valence-corrected chi connectivity index (χ1v) is 9.99. The van der Waals surface area contributed by atoms with Gasteiger partial charge in [-0.15, -0.1) is 0 Å². The summed E-state index contributed by atoms with van der Waals surface area (Å²) in [5.41, 5.74) is -2.02. The van der Waals surface area contributed by atoms with Crippen LogP contribution in [-0.2, 0) is 17.0 Å². The first-order chi connectivity index (χ1) is 20.4. The lowest BCUT2D eigenvalue weighted by atomic mass is 10.2. The van der Waals surface area contributed by atoms with Crippen LogP contribution < -0.4 is 15.4 Å². The number of nitrogens with two attached hydrogens (primary N) is 1. The summed E-state index contributed by atoms with van der Waals surface area (Å²) in [4.78, 5) is 7.25. The molecule has 0 unspecified atom stereocenters. The minimum atomic E-state index is -4.56. The van der Waals surface area contributed by atoms with Crippen molar-refractivity contribution in [1.82, 2.24) is 19.7 Å². The molecule has 0 spiro atoms. The van der Waals surface area contributed by atoms with Crippen LogP contribution in [0.1, 0.15) is 30.4 Å². The predicted octanol–water partition coefficient (Wildman–Crippen LogP) is 3.14. The lowest BCUT2D eigenvalue weighted by Gasteiger charge is -2.19. The smallest absolute Gasteiger partial charge is 0.238 e. The van der Waals surface area contributed by atoms with Gasteiger partial charge in [0.15, 0.2) is 0 Å². The monoisotopic (exact) mass is 451 g/mol. The number of primary sulfonamides is 1. The molecule has 0 radical (unpaired) electrons. The Morgan fingerprint density at radius 2 is 2.16 bits per heavy atom. The van der Waals surface area contributed by atoms with E-state index in [1.54, 1.807) is 0 Å². The Balaban J connectivity index is 1.96. The van der Waals surface area contributed by atoms with Gasteiger partial charge in [-0.05, 0) is 55.6 Å². The second-order valence-corrected chi connectivity index (χ2v) is 7.80. The van der Waals surface area contributed by atoms with E-state index in [1.165, 1.54) is 6.92 Å². The molecular formula is C21H23N7O2S. The van der Waals surface area contributed by atoms with E-state index in [2.05, 4.69) is 20.4 Å². The molecule has 0 saturated carbocycles. The molecule has 9 nitrogen and oxygen atoms in total. The van der Waals surface area contributed by atoms with Gasteiger partial charge in [0.05, 0.1) is 17.3 Å². The van der Waals surface area contributed by atoms with E-state index in [4.69, 9.17) is 24.3 Å². The Hall–Kier alpha value is -3.50. The van der Waals surface area contributed by atoms with Crippen LogP contribution in [0.2, 0.25) is 0 Å². The van der Waals surface area contributed by atoms with Crippen LogP contribution in [-0.4, -0.2) is 35.1 Å². The number of hydrogen-bond donors (Lipinski definition) is 2. The van der Waals surface area contributed by atoms with Crippen LogP contribution in [0.3, 0.4) is 0 Å². The summed E-state index contributed by atoms with van der Waals surface area (Å²) in [5, 5.41) is 11.4. The Morgan fingerprint density at radius 3 is 2.90 bits per heavy atom. The van der Waals surface area contributed by atoms with E-state index in [0.717, 1.165) is 18.2 Å². The maximum atomic E-state index is 12.1. The first kappa shape index (κ1) is 9.75. The van der Waals surface area contributed by atoms with Gasteiger partial charge in [0.25, 0.3) is 0 Å². The topological polar surface area (TPSA) is 119 Å². The second kappa shape index (κ2) is 7.64. The zero-order chi connectivity index (χ0) is 34.2. The largest absolute Gasteiger partial charge is 0.329 e. The second-order valence-electron chi connectivity index (χ2n) is 6.27. The molecule has 0 saturated heterocycles. The highest BCUT2D eigenvalue weighted by Gasteiger charge is 2.14. The highest BCUT2D eigenvalue weighted by molar-refractivity contribution is 7.89. The van der Waals surface area contributed by atoms with Crippen LogP contribution >= 0.6 is 0 Å². The number of fused-ring (bicyclic) bond motifs is 1. The van der Waals surface area contributed by atoms with Crippen molar-refractivity contribution in [3.05, 3.63) is 59.8 Å². The van der Waals surface area contributed by atoms with Crippen molar-refractivity contribution in [3.8, 4) is 0 Å². The number of rotatable bonds is 5. The number of nitrogens with zero attached hydrogens (tertiary/aromatic N) is 5. The molecule has 2 heterocycles. The third-order valence-corrected chi connectivity index (χ3v) is 5.13. The molecule has 0 fully saturated rings. The molecule has 0 atom stereocenters. The van der Waals surface area contributed by atoms with Gasteiger partial charge in [-0.1, -0.05) is 6.07 Å². The number of benzene rings is 2. The molecule has 0 aliphatic rings. The summed E-state index contributed by atoms with van der Waals surface area (Å²) in [6, 6.07) is -0.211. The average molecular weight is 452 g/mol. The Kier molecular flexibility index (Phi) is 2.40. The SMILES string of the molecule is [2H]c1nc(Nc2ccc(C([2H])([2H])[2H])c(S(N)(=O)=O)c2)nc(N(c2c([2H])c([2H])c3c(C)n(C([2H])([2H])[2H])nc3c2[2H])C([2H])([2H])[2H])c1[2H]. The first-order valence-electron chi connectivity index (χ1n) is 15.4. The Labute approximate surface area is 200 Å². The molecular weight excluding hydrogens is 414 g/mol. The van der Waals surface area contributed by atoms with E-state index in [0.29, 0.717) is 4.68 Å². The summed E-state index contributed by atoms with van der Waals surface area (Å²) < 4.78 is 138. The molecule has 4 aromatic rings. The number of aryl methyl sites for hydroxylation is 3. The van der Waals surface area contributed by atoms with Crippen molar-refractivity contribution in [2.75, 3.05) is 17.2 Å². The molecule has 0 aliphatic carbocycles. The molecule has 0 bridgehead atoms. The summed E-state index contributed by atoms with van der Waals surface area (Å²) in [7, 11) is -4.56. The molecule has 10 heteroatoms. The molecule has 2 aromatic heterocycles. The predicted molar refractivity (Wildman–Crippen MR) is 121 cm³/mol. The van der Waals surface area contributed by atoms with Gasteiger partial charge in [0, 0.05) is 54.9 Å². The molecule has 0 aliphatic heterocycles. The fraction of sp³-hybridized carbons (Fsp3) is 0.190. The van der Waals surface area contributed by atoms with Crippen molar-refractivity contribution >= 4 is 44.1 Å². The van der Waals surface area contributed by atoms with E-state index in [9.17, 15) is 8.42 Å². The minimum Gasteiger partial charge on any atom is -0.329 e. The number of sulfonamides is 1. The van der Waals surface area contributed by atoms with E-state index < -0.39 is 94.6 Å². The third kappa shape index (κ3) is 4.07. The van der Waals surface area contributed by atoms with E-state index >= 15 is 0 Å². The number of nitrogens with one attached hydrogen (secondary N) is 1. The highest BCUT2D eigenvalue weighted by atomic mass is 32.2. The fourth-order valence-corrected chi connectivity index (χ4v) is 3.30. The molecule has 31 heavy (non-hydrogen) atoms. The van der Waals surface area contributed by atoms with Gasteiger partial charge >= 0.3 is 0 Å². The molecule has 0 amide bonds. The molecule has 4 rings (SSSR count). The van der Waals surface area contributed by atoms with Crippen LogP contribution in [0.15, 0.2) is 53.4 Å². The van der Waals surface area contributed by atoms with Crippen LogP contribution in [0, 0.1) is 13.8 Å². The van der Waals surface area contributed by atoms with Crippen molar-refractivity contribution in [1.29, 1.82) is 0 Å². The Morgan fingerprint density at radius 1 is 1.29 bits per heavy atom. The van der Waals surface area contributed by atoms with Gasteiger partial charge in [-0.2, -0.15) is 10.1 Å². The van der Waals surface area contributed by atoms with Gasteiger partial charge in [0.2, 0.25) is 16.0 Å². The highest BCUT2D eigenvalue weighted by Crippen LogP contribution is 2.28. The van der Waals surface area contributed by atoms with Gasteiger partial charge < -0.3 is 10.2 Å². The van der Waals surface area contributed by atoms with E-state index in [1.807, 2.05) is 0 Å².